The van der Waals surface area contributed by atoms with Crippen molar-refractivity contribution in [3.05, 3.63) is 71.4 Å². The van der Waals surface area contributed by atoms with Gasteiger partial charge in [-0.25, -0.2) is 14.2 Å². The molecule has 2 amide bonds. The average Bonchev–Trinajstić information content (AvgIpc) is 3.14. The van der Waals surface area contributed by atoms with Crippen LogP contribution in [0.3, 0.4) is 0 Å². The zero-order valence-electron chi connectivity index (χ0n) is 16.5. The zero-order valence-corrected chi connectivity index (χ0v) is 16.5. The highest BCUT2D eigenvalue weighted by Gasteiger charge is 2.16. The van der Waals surface area contributed by atoms with Crippen LogP contribution in [-0.2, 0) is 11.8 Å². The number of halogens is 1. The zero-order chi connectivity index (χ0) is 21.7. The minimum atomic E-state index is -0.525. The van der Waals surface area contributed by atoms with Crippen molar-refractivity contribution in [3.63, 3.8) is 0 Å². The molecule has 10 heteroatoms. The van der Waals surface area contributed by atoms with E-state index >= 15 is 0 Å². The van der Waals surface area contributed by atoms with Crippen LogP contribution in [0.1, 0.15) is 22.7 Å². The minimum Gasteiger partial charge on any atom is -0.398 e. The number of nitrogen functional groups attached to an aromatic ring is 1. The molecule has 5 N–H and O–H groups in total. The molecule has 0 aliphatic rings. The molecule has 3 rings (SSSR count). The van der Waals surface area contributed by atoms with Gasteiger partial charge in [0.25, 0.3) is 0 Å². The maximum atomic E-state index is 13.2. The Hall–Kier alpha value is -3.79. The summed E-state index contributed by atoms with van der Waals surface area (Å²) in [5.41, 5.74) is 8.26. The van der Waals surface area contributed by atoms with E-state index in [0.717, 1.165) is 0 Å². The van der Waals surface area contributed by atoms with Crippen LogP contribution in [0.25, 0.3) is 0 Å². The normalized spacial score (nSPS) is 11.7. The number of pyridine rings is 1. The highest BCUT2D eigenvalue weighted by atomic mass is 19.1. The third kappa shape index (κ3) is 4.97. The molecular formula is C20H22FN7O2. The molecule has 0 bridgehead atoms. The van der Waals surface area contributed by atoms with Crippen molar-refractivity contribution in [1.29, 1.82) is 5.41 Å². The third-order valence-corrected chi connectivity index (χ3v) is 4.35. The number of aromatic nitrogens is 3. The van der Waals surface area contributed by atoms with Gasteiger partial charge in [0.2, 0.25) is 0 Å². The topological polar surface area (TPSA) is 131 Å². The third-order valence-electron chi connectivity index (χ3n) is 4.35. The Kier molecular flexibility index (Phi) is 6.38. The van der Waals surface area contributed by atoms with E-state index in [2.05, 4.69) is 20.7 Å². The van der Waals surface area contributed by atoms with Crippen LogP contribution in [0.4, 0.5) is 20.7 Å². The Balaban J connectivity index is 1.69. The molecule has 1 unspecified atom stereocenters. The minimum absolute atomic E-state index is 0.181. The first-order chi connectivity index (χ1) is 14.4. The van der Waals surface area contributed by atoms with Gasteiger partial charge in [0.05, 0.1) is 24.6 Å². The lowest BCUT2D eigenvalue weighted by Crippen LogP contribution is -2.35. The van der Waals surface area contributed by atoms with Gasteiger partial charge < -0.3 is 15.8 Å². The quantitative estimate of drug-likeness (QED) is 0.444. The lowest BCUT2D eigenvalue weighted by molar-refractivity contribution is 0.168. The highest BCUT2D eigenvalue weighted by Crippen LogP contribution is 2.19. The Bertz CT molecular complexity index is 1050. The molecule has 0 saturated heterocycles. The number of carbonyl (C=O) groups is 1. The van der Waals surface area contributed by atoms with E-state index in [1.54, 1.807) is 36.3 Å². The van der Waals surface area contributed by atoms with E-state index < -0.39 is 12.1 Å². The van der Waals surface area contributed by atoms with Crippen molar-refractivity contribution in [2.75, 3.05) is 24.8 Å². The Morgan fingerprint density at radius 3 is 2.67 bits per heavy atom. The van der Waals surface area contributed by atoms with Gasteiger partial charge in [0.15, 0.2) is 0 Å². The fraction of sp³-hybridized carbons (Fsp3) is 0.200. The van der Waals surface area contributed by atoms with Gasteiger partial charge in [0.1, 0.15) is 11.6 Å². The summed E-state index contributed by atoms with van der Waals surface area (Å²) in [7, 11) is 3.26. The molecule has 1 aromatic carbocycles. The number of ether oxygens (including phenoxy) is 1. The molecule has 0 fully saturated rings. The predicted octanol–water partition coefficient (Wildman–Crippen LogP) is 2.46. The van der Waals surface area contributed by atoms with Crippen LogP contribution in [0.5, 0.6) is 0 Å². The lowest BCUT2D eigenvalue weighted by Gasteiger charge is -2.19. The van der Waals surface area contributed by atoms with Gasteiger partial charge in [-0.15, -0.1) is 0 Å². The first kappa shape index (κ1) is 20.9. The Morgan fingerprint density at radius 1 is 1.33 bits per heavy atom. The molecule has 0 saturated carbocycles. The number of hydrogen-bond acceptors (Lipinski definition) is 6. The van der Waals surface area contributed by atoms with Crippen LogP contribution >= 0.6 is 0 Å². The molecule has 0 aliphatic carbocycles. The maximum absolute atomic E-state index is 13.2. The number of nitrogens with zero attached hydrogens (tertiary/aromatic N) is 3. The van der Waals surface area contributed by atoms with Gasteiger partial charge in [-0.05, 0) is 17.7 Å². The number of rotatable bonds is 7. The summed E-state index contributed by atoms with van der Waals surface area (Å²) < 4.78 is 19.9. The van der Waals surface area contributed by atoms with Crippen molar-refractivity contribution in [2.24, 2.45) is 7.05 Å². The molecule has 30 heavy (non-hydrogen) atoms. The number of amides is 2. The molecule has 9 nitrogen and oxygen atoms in total. The second kappa shape index (κ2) is 9.14. The van der Waals surface area contributed by atoms with Crippen LogP contribution in [-0.4, -0.2) is 40.2 Å². The van der Waals surface area contributed by atoms with Crippen molar-refractivity contribution >= 4 is 23.2 Å². The first-order valence-electron chi connectivity index (χ1n) is 9.02. The predicted molar refractivity (Wildman–Crippen MR) is 111 cm³/mol. The van der Waals surface area contributed by atoms with Crippen LogP contribution in [0.15, 0.2) is 48.9 Å². The molecular weight excluding hydrogens is 389 g/mol. The van der Waals surface area contributed by atoms with Gasteiger partial charge >= 0.3 is 6.03 Å². The molecule has 0 aliphatic heterocycles. The van der Waals surface area contributed by atoms with E-state index in [1.807, 2.05) is 0 Å². The molecule has 156 valence electrons. The number of nitrogens with two attached hydrogens (primary N) is 1. The number of anilines is 2. The summed E-state index contributed by atoms with van der Waals surface area (Å²) in [6.45, 7) is 0.204. The van der Waals surface area contributed by atoms with E-state index in [0.29, 0.717) is 22.4 Å². The fourth-order valence-corrected chi connectivity index (χ4v) is 2.85. The second-order valence-electron chi connectivity index (χ2n) is 6.59. The SMILES string of the molecule is COCC(NC(=O)Nc1cc(N)c(C(=N)c2cnn(C)c2)cn1)c1ccc(F)cc1. The number of nitrogens with one attached hydrogen (secondary N) is 3. The standard InChI is InChI=1S/C20H22FN7O2/c1-28-10-13(8-25-28)19(23)15-9-24-18(7-16(15)22)27-20(29)26-17(11-30-2)12-3-5-14(21)6-4-12/h3-10,17,23H,11H2,1-2H3,(H4,22,24,26,27,29). The van der Waals surface area contributed by atoms with Crippen molar-refractivity contribution < 1.29 is 13.9 Å². The molecule has 1 atom stereocenters. The monoisotopic (exact) mass is 411 g/mol. The summed E-state index contributed by atoms with van der Waals surface area (Å²) in [4.78, 5) is 16.6. The summed E-state index contributed by atoms with van der Waals surface area (Å²) in [6, 6.07) is 6.26. The van der Waals surface area contributed by atoms with Crippen molar-refractivity contribution in [3.8, 4) is 0 Å². The summed E-state index contributed by atoms with van der Waals surface area (Å²) in [6.07, 6.45) is 4.69. The van der Waals surface area contributed by atoms with E-state index in [-0.39, 0.29) is 24.0 Å². The number of methoxy groups -OCH3 is 1. The number of benzene rings is 1. The lowest BCUT2D eigenvalue weighted by atomic mass is 10.1. The summed E-state index contributed by atoms with van der Waals surface area (Å²) in [5.74, 6) is -0.140. The number of aryl methyl sites for hydroxylation is 1. The summed E-state index contributed by atoms with van der Waals surface area (Å²) in [5, 5.41) is 17.7. The number of urea groups is 1. The van der Waals surface area contributed by atoms with Gasteiger partial charge in [-0.1, -0.05) is 12.1 Å². The Labute approximate surface area is 172 Å². The van der Waals surface area contributed by atoms with Gasteiger partial charge in [-0.3, -0.25) is 15.4 Å². The van der Waals surface area contributed by atoms with Crippen LogP contribution < -0.4 is 16.4 Å². The smallest absolute Gasteiger partial charge is 0.320 e. The average molecular weight is 411 g/mol. The molecule has 2 aromatic heterocycles. The second-order valence-corrected chi connectivity index (χ2v) is 6.59. The Morgan fingerprint density at radius 2 is 2.07 bits per heavy atom. The van der Waals surface area contributed by atoms with E-state index in [1.165, 1.54) is 31.5 Å². The van der Waals surface area contributed by atoms with Crippen molar-refractivity contribution in [1.82, 2.24) is 20.1 Å². The summed E-state index contributed by atoms with van der Waals surface area (Å²) >= 11 is 0. The number of hydrogen-bond donors (Lipinski definition) is 4. The molecule has 2 heterocycles. The number of carbonyl (C=O) groups excluding carboxylic acids is 1. The molecule has 0 radical (unpaired) electrons. The van der Waals surface area contributed by atoms with Crippen LogP contribution in [0.2, 0.25) is 0 Å². The first-order valence-corrected chi connectivity index (χ1v) is 9.02. The highest BCUT2D eigenvalue weighted by molar-refractivity contribution is 6.13. The maximum Gasteiger partial charge on any atom is 0.320 e. The van der Waals surface area contributed by atoms with E-state index in [4.69, 9.17) is 15.9 Å². The van der Waals surface area contributed by atoms with Crippen molar-refractivity contribution in [2.45, 2.75) is 6.04 Å². The largest absolute Gasteiger partial charge is 0.398 e. The van der Waals surface area contributed by atoms with Crippen LogP contribution in [0, 0.1) is 11.2 Å². The van der Waals surface area contributed by atoms with E-state index in [9.17, 15) is 9.18 Å². The molecule has 3 aromatic rings. The fourth-order valence-electron chi connectivity index (χ4n) is 2.85. The van der Waals surface area contributed by atoms with Gasteiger partial charge in [0, 0.05) is 49.4 Å². The van der Waals surface area contributed by atoms with Gasteiger partial charge in [-0.2, -0.15) is 5.10 Å². The molecule has 0 spiro atoms.